The zero-order valence-electron chi connectivity index (χ0n) is 8.05. The Balaban J connectivity index is 2.13. The van der Waals surface area contributed by atoms with Gasteiger partial charge in [-0.05, 0) is 18.2 Å². The first kappa shape index (κ1) is 10.6. The SMILES string of the molecule is N#Cc1cc(Br)ccc1OCc1ncon1. The van der Waals surface area contributed by atoms with E-state index in [2.05, 4.69) is 30.6 Å². The topological polar surface area (TPSA) is 71.9 Å². The summed E-state index contributed by atoms with van der Waals surface area (Å²) >= 11 is 3.28. The Bertz CT molecular complexity index is 519. The Kier molecular flexibility index (Phi) is 3.17. The molecule has 0 atom stereocenters. The van der Waals surface area contributed by atoms with Gasteiger partial charge in [0, 0.05) is 4.47 Å². The van der Waals surface area contributed by atoms with E-state index in [1.165, 1.54) is 6.39 Å². The summed E-state index contributed by atoms with van der Waals surface area (Å²) in [6.45, 7) is 0.173. The summed E-state index contributed by atoms with van der Waals surface area (Å²) in [6.07, 6.45) is 1.23. The lowest BCUT2D eigenvalue weighted by molar-refractivity contribution is 0.286. The van der Waals surface area contributed by atoms with Crippen molar-refractivity contribution in [3.8, 4) is 11.8 Å². The predicted octanol–water partition coefficient (Wildman–Crippen LogP) is 2.28. The van der Waals surface area contributed by atoms with Crippen LogP contribution in [0.1, 0.15) is 11.4 Å². The van der Waals surface area contributed by atoms with Gasteiger partial charge in [0.25, 0.3) is 0 Å². The van der Waals surface area contributed by atoms with Crippen LogP contribution in [0.4, 0.5) is 0 Å². The first-order valence-electron chi connectivity index (χ1n) is 4.37. The van der Waals surface area contributed by atoms with Crippen LogP contribution in [0, 0.1) is 11.3 Å². The van der Waals surface area contributed by atoms with Crippen LogP contribution in [-0.4, -0.2) is 10.1 Å². The van der Waals surface area contributed by atoms with Gasteiger partial charge in [0.15, 0.2) is 6.61 Å². The molecule has 0 saturated heterocycles. The van der Waals surface area contributed by atoms with Gasteiger partial charge in [0.05, 0.1) is 5.56 Å². The van der Waals surface area contributed by atoms with Crippen molar-refractivity contribution in [2.45, 2.75) is 6.61 Å². The van der Waals surface area contributed by atoms with E-state index in [9.17, 15) is 0 Å². The molecule has 2 aromatic rings. The van der Waals surface area contributed by atoms with E-state index in [-0.39, 0.29) is 6.61 Å². The molecule has 0 amide bonds. The first-order valence-corrected chi connectivity index (χ1v) is 5.16. The lowest BCUT2D eigenvalue weighted by Crippen LogP contribution is -1.98. The van der Waals surface area contributed by atoms with Gasteiger partial charge in [-0.1, -0.05) is 21.1 Å². The van der Waals surface area contributed by atoms with Crippen molar-refractivity contribution in [3.05, 3.63) is 40.5 Å². The molecule has 0 aliphatic carbocycles. The second-order valence-electron chi connectivity index (χ2n) is 2.89. The van der Waals surface area contributed by atoms with Crippen molar-refractivity contribution in [2.24, 2.45) is 0 Å². The first-order chi connectivity index (χ1) is 7.79. The Morgan fingerprint density at radius 1 is 1.50 bits per heavy atom. The molecule has 1 aromatic heterocycles. The number of aromatic nitrogens is 2. The lowest BCUT2D eigenvalue weighted by atomic mass is 10.2. The Hall–Kier alpha value is -1.87. The van der Waals surface area contributed by atoms with Gasteiger partial charge in [-0.2, -0.15) is 10.2 Å². The zero-order valence-corrected chi connectivity index (χ0v) is 9.64. The van der Waals surface area contributed by atoms with Gasteiger partial charge in [-0.3, -0.25) is 0 Å². The molecule has 0 aliphatic rings. The molecule has 16 heavy (non-hydrogen) atoms. The fraction of sp³-hybridized carbons (Fsp3) is 0.100. The molecule has 0 bridgehead atoms. The summed E-state index contributed by atoms with van der Waals surface area (Å²) in [7, 11) is 0. The zero-order chi connectivity index (χ0) is 11.4. The minimum absolute atomic E-state index is 0.173. The van der Waals surface area contributed by atoms with Gasteiger partial charge >= 0.3 is 0 Å². The van der Waals surface area contributed by atoms with Crippen LogP contribution in [0.25, 0.3) is 0 Å². The Labute approximate surface area is 99.8 Å². The Morgan fingerprint density at radius 2 is 2.38 bits per heavy atom. The minimum atomic E-state index is 0.173. The smallest absolute Gasteiger partial charge is 0.213 e. The van der Waals surface area contributed by atoms with Crippen molar-refractivity contribution < 1.29 is 9.26 Å². The summed E-state index contributed by atoms with van der Waals surface area (Å²) in [5.41, 5.74) is 0.456. The van der Waals surface area contributed by atoms with E-state index in [0.29, 0.717) is 17.1 Å². The van der Waals surface area contributed by atoms with E-state index in [0.717, 1.165) is 4.47 Å². The van der Waals surface area contributed by atoms with E-state index in [1.807, 2.05) is 6.07 Å². The lowest BCUT2D eigenvalue weighted by Gasteiger charge is -2.05. The molecule has 0 saturated carbocycles. The molecule has 80 valence electrons. The molecular weight excluding hydrogens is 274 g/mol. The van der Waals surface area contributed by atoms with Gasteiger partial charge in [-0.15, -0.1) is 0 Å². The minimum Gasteiger partial charge on any atom is -0.484 e. The maximum atomic E-state index is 8.90. The van der Waals surface area contributed by atoms with Crippen LogP contribution in [0.5, 0.6) is 5.75 Å². The summed E-state index contributed by atoms with van der Waals surface area (Å²) in [5.74, 6) is 0.933. The predicted molar refractivity (Wildman–Crippen MR) is 57.5 cm³/mol. The average molecular weight is 280 g/mol. The standard InChI is InChI=1S/C10H6BrN3O2/c11-8-1-2-9(7(3-8)4-12)15-5-10-13-6-16-14-10/h1-3,6H,5H2. The fourth-order valence-corrected chi connectivity index (χ4v) is 1.47. The van der Waals surface area contributed by atoms with E-state index < -0.39 is 0 Å². The number of nitrogens with zero attached hydrogens (tertiary/aromatic N) is 3. The molecular formula is C10H6BrN3O2. The van der Waals surface area contributed by atoms with Crippen LogP contribution in [0.3, 0.4) is 0 Å². The van der Waals surface area contributed by atoms with E-state index in [1.54, 1.807) is 18.2 Å². The van der Waals surface area contributed by atoms with Crippen molar-refractivity contribution in [1.29, 1.82) is 5.26 Å². The molecule has 1 aromatic carbocycles. The van der Waals surface area contributed by atoms with Gasteiger partial charge in [0.2, 0.25) is 12.2 Å². The third-order valence-corrected chi connectivity index (χ3v) is 2.32. The van der Waals surface area contributed by atoms with Crippen molar-refractivity contribution in [3.63, 3.8) is 0 Å². The maximum Gasteiger partial charge on any atom is 0.213 e. The normalized spacial score (nSPS) is 9.75. The average Bonchev–Trinajstić information content (AvgIpc) is 2.80. The molecule has 1 heterocycles. The summed E-state index contributed by atoms with van der Waals surface area (Å²) < 4.78 is 10.8. The van der Waals surface area contributed by atoms with Gasteiger partial charge < -0.3 is 9.26 Å². The molecule has 6 heteroatoms. The molecule has 2 rings (SSSR count). The summed E-state index contributed by atoms with van der Waals surface area (Å²) in [6, 6.07) is 7.24. The molecule has 0 spiro atoms. The van der Waals surface area contributed by atoms with Gasteiger partial charge in [0.1, 0.15) is 11.8 Å². The summed E-state index contributed by atoms with van der Waals surface area (Å²) in [5, 5.41) is 12.5. The van der Waals surface area contributed by atoms with Crippen LogP contribution in [0.2, 0.25) is 0 Å². The van der Waals surface area contributed by atoms with Crippen molar-refractivity contribution >= 4 is 15.9 Å². The maximum absolute atomic E-state index is 8.90. The molecule has 0 unspecified atom stereocenters. The fourth-order valence-electron chi connectivity index (χ4n) is 1.11. The van der Waals surface area contributed by atoms with Crippen molar-refractivity contribution in [1.82, 2.24) is 10.1 Å². The van der Waals surface area contributed by atoms with Gasteiger partial charge in [-0.25, -0.2) is 0 Å². The monoisotopic (exact) mass is 279 g/mol. The third-order valence-electron chi connectivity index (χ3n) is 1.83. The molecule has 5 nitrogen and oxygen atoms in total. The second kappa shape index (κ2) is 4.77. The van der Waals surface area contributed by atoms with E-state index in [4.69, 9.17) is 10.00 Å². The highest BCUT2D eigenvalue weighted by molar-refractivity contribution is 9.10. The number of hydrogen-bond acceptors (Lipinski definition) is 5. The highest BCUT2D eigenvalue weighted by atomic mass is 79.9. The number of nitriles is 1. The van der Waals surface area contributed by atoms with Crippen LogP contribution >= 0.6 is 15.9 Å². The number of halogens is 1. The van der Waals surface area contributed by atoms with E-state index >= 15 is 0 Å². The number of benzene rings is 1. The van der Waals surface area contributed by atoms with Crippen molar-refractivity contribution in [2.75, 3.05) is 0 Å². The molecule has 0 N–H and O–H groups in total. The Morgan fingerprint density at radius 3 is 3.06 bits per heavy atom. The highest BCUT2D eigenvalue weighted by Gasteiger charge is 2.05. The third kappa shape index (κ3) is 2.38. The van der Waals surface area contributed by atoms with Crippen LogP contribution < -0.4 is 4.74 Å². The molecule has 0 aliphatic heterocycles. The van der Waals surface area contributed by atoms with Crippen LogP contribution in [0.15, 0.2) is 33.6 Å². The highest BCUT2D eigenvalue weighted by Crippen LogP contribution is 2.22. The largest absolute Gasteiger partial charge is 0.484 e. The molecule has 0 fully saturated rings. The quantitative estimate of drug-likeness (QED) is 0.862. The van der Waals surface area contributed by atoms with Crippen LogP contribution in [-0.2, 0) is 6.61 Å². The second-order valence-corrected chi connectivity index (χ2v) is 3.80. The number of rotatable bonds is 3. The molecule has 0 radical (unpaired) electrons. The summed E-state index contributed by atoms with van der Waals surface area (Å²) in [4.78, 5) is 3.81. The number of hydrogen-bond donors (Lipinski definition) is 0. The number of ether oxygens (including phenoxy) is 1.